The molecule has 0 heterocycles. The molecule has 1 amide bonds. The molecule has 0 aliphatic rings. The topological polar surface area (TPSA) is 64.8 Å². The van der Waals surface area contributed by atoms with E-state index in [0.29, 0.717) is 37.6 Å². The number of ether oxygens (including phenoxy) is 2. The van der Waals surface area contributed by atoms with Crippen LogP contribution in [0.3, 0.4) is 0 Å². The van der Waals surface area contributed by atoms with Gasteiger partial charge in [0.15, 0.2) is 11.5 Å². The number of nitrogens with zero attached hydrogens (tertiary/aromatic N) is 1. The Balaban J connectivity index is 0.00000441. The monoisotopic (exact) mass is 330 g/mol. The molecule has 0 unspecified atom stereocenters. The van der Waals surface area contributed by atoms with Crippen molar-refractivity contribution in [3.63, 3.8) is 0 Å². The smallest absolute Gasteiger partial charge is 0.225 e. The van der Waals surface area contributed by atoms with Crippen LogP contribution in [0.2, 0.25) is 0 Å². The minimum Gasteiger partial charge on any atom is -0.493 e. The number of hydrogen-bond donors (Lipinski definition) is 1. The molecule has 0 bridgehead atoms. The molecule has 0 saturated carbocycles. The Morgan fingerprint density at radius 2 is 1.86 bits per heavy atom. The summed E-state index contributed by atoms with van der Waals surface area (Å²) in [6.07, 6.45) is 0.329. The van der Waals surface area contributed by atoms with Crippen molar-refractivity contribution in [3.8, 4) is 11.5 Å². The fourth-order valence-electron chi connectivity index (χ4n) is 1.97. The fraction of sp³-hybridized carbons (Fsp3) is 0.562. The number of halogens is 1. The van der Waals surface area contributed by atoms with Crippen molar-refractivity contribution in [2.45, 2.75) is 20.3 Å². The minimum atomic E-state index is -0.0755. The zero-order chi connectivity index (χ0) is 15.9. The Hall–Kier alpha value is -1.46. The van der Waals surface area contributed by atoms with Crippen LogP contribution < -0.4 is 15.2 Å². The molecular weight excluding hydrogens is 304 g/mol. The zero-order valence-electron chi connectivity index (χ0n) is 13.8. The van der Waals surface area contributed by atoms with E-state index in [4.69, 9.17) is 15.2 Å². The average molecular weight is 331 g/mol. The third-order valence-electron chi connectivity index (χ3n) is 3.29. The molecular formula is C16H27ClN2O3. The first-order valence-electron chi connectivity index (χ1n) is 7.09. The van der Waals surface area contributed by atoms with Gasteiger partial charge < -0.3 is 20.1 Å². The predicted octanol–water partition coefficient (Wildman–Crippen LogP) is 2.33. The second-order valence-corrected chi connectivity index (χ2v) is 5.87. The van der Waals surface area contributed by atoms with Crippen LogP contribution in [0.25, 0.3) is 0 Å². The lowest BCUT2D eigenvalue weighted by Gasteiger charge is -2.29. The lowest BCUT2D eigenvalue weighted by atomic mass is 9.93. The minimum absolute atomic E-state index is 0. The summed E-state index contributed by atoms with van der Waals surface area (Å²) in [7, 11) is 3.39. The van der Waals surface area contributed by atoms with Gasteiger partial charge in [0.25, 0.3) is 0 Å². The van der Waals surface area contributed by atoms with Crippen molar-refractivity contribution in [1.29, 1.82) is 0 Å². The number of amides is 1. The molecule has 0 saturated heterocycles. The third-order valence-corrected chi connectivity index (χ3v) is 3.29. The SMILES string of the molecule is COc1ccccc1OCCC(=O)N(C)CC(C)(C)CN.Cl. The molecule has 5 nitrogen and oxygen atoms in total. The third kappa shape index (κ3) is 6.54. The van der Waals surface area contributed by atoms with E-state index >= 15 is 0 Å². The van der Waals surface area contributed by atoms with E-state index in [1.807, 2.05) is 38.1 Å². The van der Waals surface area contributed by atoms with Crippen LogP contribution in [0.4, 0.5) is 0 Å². The van der Waals surface area contributed by atoms with Crippen molar-refractivity contribution >= 4 is 18.3 Å². The molecule has 0 aliphatic heterocycles. The predicted molar refractivity (Wildman–Crippen MR) is 90.8 cm³/mol. The number of carbonyl (C=O) groups excluding carboxylic acids is 1. The molecule has 1 aromatic carbocycles. The highest BCUT2D eigenvalue weighted by molar-refractivity contribution is 5.85. The van der Waals surface area contributed by atoms with Gasteiger partial charge in [0.05, 0.1) is 20.1 Å². The molecule has 2 N–H and O–H groups in total. The molecule has 0 spiro atoms. The highest BCUT2D eigenvalue weighted by Gasteiger charge is 2.21. The lowest BCUT2D eigenvalue weighted by molar-refractivity contribution is -0.131. The quantitative estimate of drug-likeness (QED) is 0.794. The molecule has 126 valence electrons. The normalized spacial score (nSPS) is 10.6. The second kappa shape index (κ2) is 9.54. The van der Waals surface area contributed by atoms with Gasteiger partial charge in [-0.25, -0.2) is 0 Å². The van der Waals surface area contributed by atoms with Gasteiger partial charge in [-0.1, -0.05) is 26.0 Å². The maximum absolute atomic E-state index is 12.1. The van der Waals surface area contributed by atoms with E-state index in [-0.39, 0.29) is 23.7 Å². The largest absolute Gasteiger partial charge is 0.493 e. The Labute approximate surface area is 139 Å². The molecule has 0 radical (unpaired) electrons. The van der Waals surface area contributed by atoms with Crippen molar-refractivity contribution in [1.82, 2.24) is 4.90 Å². The van der Waals surface area contributed by atoms with Crippen LogP contribution in [-0.2, 0) is 4.79 Å². The lowest BCUT2D eigenvalue weighted by Crippen LogP contribution is -2.40. The van der Waals surface area contributed by atoms with Crippen LogP contribution in [0, 0.1) is 5.41 Å². The van der Waals surface area contributed by atoms with Crippen molar-refractivity contribution in [2.24, 2.45) is 11.1 Å². The van der Waals surface area contributed by atoms with E-state index in [0.717, 1.165) is 0 Å². The number of hydrogen-bond acceptors (Lipinski definition) is 4. The molecule has 0 fully saturated rings. The first kappa shape index (κ1) is 20.5. The Morgan fingerprint density at radius 3 is 2.41 bits per heavy atom. The molecule has 22 heavy (non-hydrogen) atoms. The number of rotatable bonds is 8. The van der Waals surface area contributed by atoms with Gasteiger partial charge in [0.2, 0.25) is 5.91 Å². The number of nitrogens with two attached hydrogens (primary N) is 1. The second-order valence-electron chi connectivity index (χ2n) is 5.87. The molecule has 0 aliphatic carbocycles. The maximum atomic E-state index is 12.1. The van der Waals surface area contributed by atoms with Crippen molar-refractivity contribution in [2.75, 3.05) is 33.9 Å². The summed E-state index contributed by atoms with van der Waals surface area (Å²) in [5.74, 6) is 1.37. The first-order chi connectivity index (χ1) is 9.89. The summed E-state index contributed by atoms with van der Waals surface area (Å²) >= 11 is 0. The summed E-state index contributed by atoms with van der Waals surface area (Å²) in [6.45, 7) is 5.59. The van der Waals surface area contributed by atoms with E-state index in [2.05, 4.69) is 0 Å². The van der Waals surface area contributed by atoms with Gasteiger partial charge >= 0.3 is 0 Å². The number of methoxy groups -OCH3 is 1. The van der Waals surface area contributed by atoms with E-state index in [1.54, 1.807) is 19.1 Å². The van der Waals surface area contributed by atoms with Crippen LogP contribution in [-0.4, -0.2) is 44.7 Å². The van der Waals surface area contributed by atoms with Gasteiger partial charge in [0.1, 0.15) is 0 Å². The standard InChI is InChI=1S/C16H26N2O3.ClH/c1-16(2,11-17)12-18(3)15(19)9-10-21-14-8-6-5-7-13(14)20-4;/h5-8H,9-12,17H2,1-4H3;1H. The fourth-order valence-corrected chi connectivity index (χ4v) is 1.97. The zero-order valence-corrected chi connectivity index (χ0v) is 14.6. The van der Waals surface area contributed by atoms with Gasteiger partial charge in [-0.3, -0.25) is 4.79 Å². The molecule has 0 atom stereocenters. The molecule has 1 rings (SSSR count). The van der Waals surface area contributed by atoms with Gasteiger partial charge in [-0.05, 0) is 24.1 Å². The number of benzene rings is 1. The highest BCUT2D eigenvalue weighted by Crippen LogP contribution is 2.25. The molecule has 1 aromatic rings. The van der Waals surface area contributed by atoms with Gasteiger partial charge in [-0.15, -0.1) is 12.4 Å². The van der Waals surface area contributed by atoms with E-state index in [1.165, 1.54) is 0 Å². The van der Waals surface area contributed by atoms with Crippen LogP contribution in [0.5, 0.6) is 11.5 Å². The number of carbonyl (C=O) groups is 1. The molecule has 6 heteroatoms. The van der Waals surface area contributed by atoms with Crippen LogP contribution >= 0.6 is 12.4 Å². The van der Waals surface area contributed by atoms with E-state index in [9.17, 15) is 4.79 Å². The summed E-state index contributed by atoms with van der Waals surface area (Å²) in [4.78, 5) is 13.8. The van der Waals surface area contributed by atoms with Crippen molar-refractivity contribution < 1.29 is 14.3 Å². The van der Waals surface area contributed by atoms with Crippen LogP contribution in [0.1, 0.15) is 20.3 Å². The molecule has 0 aromatic heterocycles. The number of para-hydroxylation sites is 2. The van der Waals surface area contributed by atoms with Crippen LogP contribution in [0.15, 0.2) is 24.3 Å². The average Bonchev–Trinajstić information content (AvgIpc) is 2.47. The Morgan fingerprint density at radius 1 is 1.27 bits per heavy atom. The first-order valence-corrected chi connectivity index (χ1v) is 7.09. The summed E-state index contributed by atoms with van der Waals surface area (Å²) in [5, 5.41) is 0. The maximum Gasteiger partial charge on any atom is 0.225 e. The summed E-state index contributed by atoms with van der Waals surface area (Å²) in [5.41, 5.74) is 5.61. The van der Waals surface area contributed by atoms with Crippen molar-refractivity contribution in [3.05, 3.63) is 24.3 Å². The van der Waals surface area contributed by atoms with Gasteiger partial charge in [0, 0.05) is 13.6 Å². The summed E-state index contributed by atoms with van der Waals surface area (Å²) in [6, 6.07) is 7.40. The van der Waals surface area contributed by atoms with Gasteiger partial charge in [-0.2, -0.15) is 0 Å². The Bertz CT molecular complexity index is 466. The highest BCUT2D eigenvalue weighted by atomic mass is 35.5. The Kier molecular flexibility index (Phi) is 8.90. The van der Waals surface area contributed by atoms with E-state index < -0.39 is 0 Å². The summed E-state index contributed by atoms with van der Waals surface area (Å²) < 4.78 is 10.8.